The van der Waals surface area contributed by atoms with Crippen LogP contribution in [0.15, 0.2) is 40.3 Å². The maximum atomic E-state index is 12.9. The summed E-state index contributed by atoms with van der Waals surface area (Å²) in [5.74, 6) is -0.292. The van der Waals surface area contributed by atoms with Gasteiger partial charge in [-0.05, 0) is 37.6 Å². The van der Waals surface area contributed by atoms with Gasteiger partial charge in [0, 0.05) is 30.5 Å². The Kier molecular flexibility index (Phi) is 6.94. The first-order chi connectivity index (χ1) is 14.4. The highest BCUT2D eigenvalue weighted by molar-refractivity contribution is 7.99. The van der Waals surface area contributed by atoms with Crippen molar-refractivity contribution in [1.29, 1.82) is 0 Å². The molecule has 0 spiro atoms. The zero-order valence-corrected chi connectivity index (χ0v) is 18.1. The number of aromatic nitrogens is 3. The number of thioether (sulfide) groups is 1. The number of amides is 2. The molecule has 0 unspecified atom stereocenters. The summed E-state index contributed by atoms with van der Waals surface area (Å²) in [4.78, 5) is 44.2. The highest BCUT2D eigenvalue weighted by Crippen LogP contribution is 2.20. The molecule has 0 saturated carbocycles. The number of fused-ring (bicyclic) bond motifs is 1. The van der Waals surface area contributed by atoms with Crippen LogP contribution in [0, 0.1) is 6.92 Å². The van der Waals surface area contributed by atoms with Crippen molar-refractivity contribution in [2.45, 2.75) is 45.3 Å². The van der Waals surface area contributed by atoms with E-state index in [9.17, 15) is 14.4 Å². The predicted molar refractivity (Wildman–Crippen MR) is 120 cm³/mol. The number of H-pyrrole nitrogens is 1. The van der Waals surface area contributed by atoms with E-state index in [0.717, 1.165) is 18.5 Å². The number of unbranched alkanes of at least 4 members (excludes halogenated alkanes) is 1. The molecular formula is C21H25N5O3S. The Bertz CT molecular complexity index is 1140. The zero-order chi connectivity index (χ0) is 21.7. The summed E-state index contributed by atoms with van der Waals surface area (Å²) in [5.41, 5.74) is 3.04. The van der Waals surface area contributed by atoms with Crippen molar-refractivity contribution in [2.24, 2.45) is 0 Å². The number of hydrogen-bond acceptors (Lipinski definition) is 5. The number of anilines is 2. The molecule has 0 atom stereocenters. The molecule has 0 aliphatic heterocycles. The van der Waals surface area contributed by atoms with Gasteiger partial charge >= 0.3 is 0 Å². The van der Waals surface area contributed by atoms with Gasteiger partial charge < -0.3 is 15.6 Å². The minimum atomic E-state index is -0.221. The average molecular weight is 428 g/mol. The lowest BCUT2D eigenvalue weighted by molar-refractivity contribution is -0.114. The van der Waals surface area contributed by atoms with Crippen molar-refractivity contribution in [1.82, 2.24) is 14.5 Å². The van der Waals surface area contributed by atoms with Gasteiger partial charge in [0.15, 0.2) is 5.16 Å². The molecule has 0 bridgehead atoms. The highest BCUT2D eigenvalue weighted by atomic mass is 32.2. The largest absolute Gasteiger partial charge is 0.353 e. The fourth-order valence-electron chi connectivity index (χ4n) is 3.04. The molecule has 2 amide bonds. The molecule has 3 rings (SSSR count). The van der Waals surface area contributed by atoms with Gasteiger partial charge in [-0.1, -0.05) is 31.2 Å². The third kappa shape index (κ3) is 5.29. The van der Waals surface area contributed by atoms with E-state index >= 15 is 0 Å². The molecule has 3 aromatic rings. The van der Waals surface area contributed by atoms with E-state index in [1.54, 1.807) is 28.8 Å². The molecule has 2 aromatic heterocycles. The van der Waals surface area contributed by atoms with E-state index in [0.29, 0.717) is 34.1 Å². The lowest BCUT2D eigenvalue weighted by Crippen LogP contribution is -2.24. The van der Waals surface area contributed by atoms with Crippen LogP contribution in [0.4, 0.5) is 11.4 Å². The first-order valence-corrected chi connectivity index (χ1v) is 10.8. The fraction of sp³-hybridized carbons (Fsp3) is 0.333. The molecular weight excluding hydrogens is 402 g/mol. The number of nitrogens with zero attached hydrogens (tertiary/aromatic N) is 2. The van der Waals surface area contributed by atoms with E-state index in [4.69, 9.17) is 0 Å². The smallest absolute Gasteiger partial charge is 0.278 e. The van der Waals surface area contributed by atoms with Gasteiger partial charge in [0.25, 0.3) is 5.56 Å². The van der Waals surface area contributed by atoms with Crippen molar-refractivity contribution in [3.05, 3.63) is 46.4 Å². The van der Waals surface area contributed by atoms with Crippen LogP contribution >= 0.6 is 11.8 Å². The summed E-state index contributed by atoms with van der Waals surface area (Å²) < 4.78 is 1.64. The van der Waals surface area contributed by atoms with E-state index in [1.807, 2.05) is 13.0 Å². The second-order valence-electron chi connectivity index (χ2n) is 7.02. The number of rotatable bonds is 8. The van der Waals surface area contributed by atoms with Gasteiger partial charge in [0.1, 0.15) is 5.52 Å². The molecule has 1 aromatic carbocycles. The molecule has 3 N–H and O–H groups in total. The third-order valence-electron chi connectivity index (χ3n) is 4.37. The normalized spacial score (nSPS) is 10.9. The summed E-state index contributed by atoms with van der Waals surface area (Å²) in [6.45, 7) is 5.92. The topological polar surface area (TPSA) is 109 Å². The van der Waals surface area contributed by atoms with Gasteiger partial charge in [0.2, 0.25) is 11.8 Å². The first kappa shape index (κ1) is 21.6. The van der Waals surface area contributed by atoms with Crippen molar-refractivity contribution >= 4 is 46.0 Å². The molecule has 0 saturated heterocycles. The number of carbonyl (C=O) groups excluding carboxylic acids is 2. The summed E-state index contributed by atoms with van der Waals surface area (Å²) in [6.07, 6.45) is 1.80. The van der Waals surface area contributed by atoms with Crippen molar-refractivity contribution in [2.75, 3.05) is 16.4 Å². The van der Waals surface area contributed by atoms with Crippen LogP contribution in [0.1, 0.15) is 32.4 Å². The second kappa shape index (κ2) is 9.62. The van der Waals surface area contributed by atoms with Crippen LogP contribution in [0.3, 0.4) is 0 Å². The second-order valence-corrected chi connectivity index (χ2v) is 7.96. The van der Waals surface area contributed by atoms with Crippen LogP contribution in [0.25, 0.3) is 11.0 Å². The molecule has 158 valence electrons. The summed E-state index contributed by atoms with van der Waals surface area (Å²) in [6, 6.07) is 8.76. The van der Waals surface area contributed by atoms with Gasteiger partial charge in [-0.3, -0.25) is 19.0 Å². The summed E-state index contributed by atoms with van der Waals surface area (Å²) >= 11 is 1.23. The summed E-state index contributed by atoms with van der Waals surface area (Å²) in [7, 11) is 0. The number of benzene rings is 1. The van der Waals surface area contributed by atoms with Crippen LogP contribution in [0.2, 0.25) is 0 Å². The van der Waals surface area contributed by atoms with E-state index in [1.165, 1.54) is 18.7 Å². The Hall–Kier alpha value is -3.07. The maximum absolute atomic E-state index is 12.9. The quantitative estimate of drug-likeness (QED) is 0.376. The lowest BCUT2D eigenvalue weighted by Gasteiger charge is -2.12. The third-order valence-corrected chi connectivity index (χ3v) is 5.35. The standard InChI is InChI=1S/C21H25N5O3S/c1-4-5-9-26-20(29)19-17(10-13(2)22-19)25-21(26)30-12-18(28)24-16-8-6-7-15(11-16)23-14(3)27/h6-8,10-11,22H,4-5,9,12H2,1-3H3,(H,23,27)(H,24,28). The lowest BCUT2D eigenvalue weighted by atomic mass is 10.2. The highest BCUT2D eigenvalue weighted by Gasteiger charge is 2.15. The molecule has 9 heteroatoms. The van der Waals surface area contributed by atoms with E-state index in [2.05, 4.69) is 27.5 Å². The Balaban J connectivity index is 1.75. The van der Waals surface area contributed by atoms with Crippen molar-refractivity contribution in [3.8, 4) is 0 Å². The first-order valence-electron chi connectivity index (χ1n) is 9.78. The molecule has 30 heavy (non-hydrogen) atoms. The Morgan fingerprint density at radius 3 is 2.63 bits per heavy atom. The predicted octanol–water partition coefficient (Wildman–Crippen LogP) is 3.52. The van der Waals surface area contributed by atoms with Gasteiger partial charge in [-0.25, -0.2) is 4.98 Å². The molecule has 0 aliphatic rings. The van der Waals surface area contributed by atoms with E-state index < -0.39 is 0 Å². The number of nitrogens with one attached hydrogen (secondary N) is 3. The molecule has 2 heterocycles. The fourth-order valence-corrected chi connectivity index (χ4v) is 3.87. The van der Waals surface area contributed by atoms with Crippen LogP contribution in [-0.2, 0) is 16.1 Å². The number of aryl methyl sites for hydroxylation is 1. The van der Waals surface area contributed by atoms with Crippen molar-refractivity contribution < 1.29 is 9.59 Å². The average Bonchev–Trinajstić information content (AvgIpc) is 3.06. The number of carbonyl (C=O) groups is 2. The monoisotopic (exact) mass is 427 g/mol. The Morgan fingerprint density at radius 1 is 1.20 bits per heavy atom. The molecule has 0 fully saturated rings. The van der Waals surface area contributed by atoms with Gasteiger partial charge in [-0.15, -0.1) is 0 Å². The van der Waals surface area contributed by atoms with Crippen LogP contribution in [-0.4, -0.2) is 32.1 Å². The summed E-state index contributed by atoms with van der Waals surface area (Å²) in [5, 5.41) is 6.02. The van der Waals surface area contributed by atoms with Crippen LogP contribution < -0.4 is 16.2 Å². The van der Waals surface area contributed by atoms with E-state index in [-0.39, 0.29) is 23.1 Å². The minimum absolute atomic E-state index is 0.109. The molecule has 0 radical (unpaired) electrons. The Morgan fingerprint density at radius 2 is 1.93 bits per heavy atom. The van der Waals surface area contributed by atoms with Crippen molar-refractivity contribution in [3.63, 3.8) is 0 Å². The maximum Gasteiger partial charge on any atom is 0.278 e. The molecule has 0 aliphatic carbocycles. The Labute approximate surface area is 178 Å². The number of aromatic amines is 1. The van der Waals surface area contributed by atoms with Gasteiger partial charge in [-0.2, -0.15) is 0 Å². The minimum Gasteiger partial charge on any atom is -0.353 e. The number of hydrogen-bond donors (Lipinski definition) is 3. The zero-order valence-electron chi connectivity index (χ0n) is 17.2. The van der Waals surface area contributed by atoms with Gasteiger partial charge in [0.05, 0.1) is 11.3 Å². The molecule has 8 nitrogen and oxygen atoms in total. The SMILES string of the molecule is CCCCn1c(SCC(=O)Nc2cccc(NC(C)=O)c2)nc2cc(C)[nH]c2c1=O. The van der Waals surface area contributed by atoms with Crippen LogP contribution in [0.5, 0.6) is 0 Å².